The molecule has 0 bridgehead atoms. The summed E-state index contributed by atoms with van der Waals surface area (Å²) in [5, 5.41) is 20.0. The Bertz CT molecular complexity index is 4470. The summed E-state index contributed by atoms with van der Waals surface area (Å²) < 4.78 is 0. The third-order valence-corrected chi connectivity index (χ3v) is 24.0. The number of allylic oxidation sites excluding steroid dienone is 2. The minimum absolute atomic E-state index is 0. The van der Waals surface area contributed by atoms with Crippen LogP contribution in [0.15, 0.2) is 176 Å². The Labute approximate surface area is 694 Å². The molecule has 585 valence electrons. The van der Waals surface area contributed by atoms with Gasteiger partial charge in [0, 0.05) is 78.1 Å². The van der Waals surface area contributed by atoms with Crippen molar-refractivity contribution in [3.8, 4) is 33.8 Å². The molecule has 1 radical (unpaired) electrons. The predicted octanol–water partition coefficient (Wildman–Crippen LogP) is 29.4. The largest absolute Gasteiger partial charge is 0 e. The molecule has 1 N–H and O–H groups in total. The van der Waals surface area contributed by atoms with Gasteiger partial charge in [-0.15, -0.1) is 69.8 Å². The smallest absolute Gasteiger partial charge is 0 e. The van der Waals surface area contributed by atoms with Crippen LogP contribution in [-0.4, -0.2) is 30.8 Å². The van der Waals surface area contributed by atoms with E-state index in [4.69, 9.17) is 16.6 Å². The van der Waals surface area contributed by atoms with E-state index in [0.29, 0.717) is 28.8 Å². The number of carbonyl (C=O) groups is 1. The second-order valence-corrected chi connectivity index (χ2v) is 34.5. The van der Waals surface area contributed by atoms with Gasteiger partial charge in [-0.25, -0.2) is 4.98 Å². The molecule has 0 saturated heterocycles. The number of rotatable bonds is 12. The number of aliphatic hydroxyl groups is 1. The molecule has 4 atom stereocenters. The van der Waals surface area contributed by atoms with Gasteiger partial charge in [0.15, 0.2) is 5.78 Å². The number of aliphatic hydroxyl groups excluding tert-OH is 1. The van der Waals surface area contributed by atoms with Gasteiger partial charge in [-0.2, -0.15) is 0 Å². The SMILES string of the molecule is CC(C)(C)C(=O)C=C(O)C(C)(C)C.CC(c1ccc2c(Cl)nccc2c1)C1CCCC1.Cc1[c-]c(-c2nccc3cc(C(C)C4CCCC4)ccc23)cc(C)c1.Cc1[c-]c(-c2nccc3cc(C(C)C4CCCC4)ccc23)cc(C)c1.Cc1cc(C)cc(-c2nccc3cc(C(C)C4CCCC4)ccc23)c1.[CH3-].[Cl][Ir+2].[Ir]. The third-order valence-electron chi connectivity index (χ3n) is 23.7. The zero-order valence-electron chi connectivity index (χ0n) is 68.7. The van der Waals surface area contributed by atoms with Crippen LogP contribution in [0.25, 0.3) is 76.9 Å². The molecule has 11 aromatic rings. The second-order valence-electron chi connectivity index (χ2n) is 34.1. The fourth-order valence-corrected chi connectivity index (χ4v) is 17.4. The topological polar surface area (TPSA) is 88.9 Å². The van der Waals surface area contributed by atoms with Crippen LogP contribution in [0, 0.1) is 95.6 Å². The number of carbonyl (C=O) groups excluding carboxylic acids is 1. The Hall–Kier alpha value is -6.73. The zero-order chi connectivity index (χ0) is 77.6. The van der Waals surface area contributed by atoms with Gasteiger partial charge in [0.05, 0.1) is 5.69 Å². The van der Waals surface area contributed by atoms with Crippen molar-refractivity contribution in [2.24, 2.45) is 34.5 Å². The minimum atomic E-state index is -0.417. The van der Waals surface area contributed by atoms with Crippen LogP contribution in [0.1, 0.15) is 251 Å². The average molecular weight is 1870 g/mol. The Balaban J connectivity index is 0.000000174. The molecule has 4 heterocycles. The number of hydrogen-bond donors (Lipinski definition) is 1. The molecule has 6 nitrogen and oxygen atoms in total. The predicted molar refractivity (Wildman–Crippen MR) is 463 cm³/mol. The maximum absolute atomic E-state index is 11.5. The fourth-order valence-electron chi connectivity index (χ4n) is 17.2. The molecule has 0 amide bonds. The maximum Gasteiger partial charge on any atom is 0 e. The van der Waals surface area contributed by atoms with Gasteiger partial charge in [0.2, 0.25) is 0 Å². The summed E-state index contributed by atoms with van der Waals surface area (Å²) in [5.41, 5.74) is 19.2. The van der Waals surface area contributed by atoms with Gasteiger partial charge in [0.1, 0.15) is 10.9 Å². The standard InChI is InChI=1S/C24H27N.2C24H26N.C16H18ClN.C11H20O2.CH3.ClH.2Ir/c3*1-16-12-17(2)14-22(13-16)24-23-9-8-20(15-21(23)10-11-25-24)18(3)19-6-4-5-7-19;1-11(12-4-2-3-5-12)13-6-7-15-14(10-13)8-9-18-16(15)17;1-10(2,3)8(12)7-9(13)11(4,5)6;;;;/h8-15,18-19H,4-7H2,1-3H3;2*8-13,15,18-19H,4-7H2,1-3H3;6-12H,2-5H2,1H3;7,12H,1-6H3;1H3;1H;;/q;2*-1;;;-1;;;+3/p-1. The van der Waals surface area contributed by atoms with E-state index >= 15 is 0 Å². The van der Waals surface area contributed by atoms with Crippen LogP contribution in [-0.2, 0) is 42.8 Å². The molecule has 110 heavy (non-hydrogen) atoms. The van der Waals surface area contributed by atoms with Gasteiger partial charge < -0.3 is 22.5 Å². The number of aromatic nitrogens is 4. The van der Waals surface area contributed by atoms with E-state index in [0.717, 1.165) is 57.3 Å². The van der Waals surface area contributed by atoms with Crippen molar-refractivity contribution in [1.82, 2.24) is 19.9 Å². The van der Waals surface area contributed by atoms with Crippen LogP contribution in [0.2, 0.25) is 5.15 Å². The van der Waals surface area contributed by atoms with Crippen molar-refractivity contribution in [1.29, 1.82) is 0 Å². The first-order valence-corrected chi connectivity index (χ1v) is 43.4. The molecular formula is C100H120Cl2Ir2N4O2-. The molecule has 4 aliphatic carbocycles. The van der Waals surface area contributed by atoms with E-state index in [9.17, 15) is 9.90 Å². The number of pyridine rings is 4. The summed E-state index contributed by atoms with van der Waals surface area (Å²) in [6.45, 7) is 33.5. The summed E-state index contributed by atoms with van der Waals surface area (Å²) in [5.74, 6) is 6.14. The van der Waals surface area contributed by atoms with Crippen LogP contribution in [0.5, 0.6) is 0 Å². The molecule has 4 fully saturated rings. The number of hydrogen-bond acceptors (Lipinski definition) is 6. The first-order valence-electron chi connectivity index (χ1n) is 40.0. The number of halogens is 2. The first-order chi connectivity index (χ1) is 51.6. The van der Waals surface area contributed by atoms with Crippen molar-refractivity contribution < 1.29 is 47.9 Å². The van der Waals surface area contributed by atoms with E-state index in [2.05, 4.69) is 239 Å². The van der Waals surface area contributed by atoms with Gasteiger partial charge in [-0.1, -0.05) is 250 Å². The zero-order valence-corrected chi connectivity index (χ0v) is 75.0. The van der Waals surface area contributed by atoms with Crippen LogP contribution >= 0.6 is 21.2 Å². The monoisotopic (exact) mass is 1860 g/mol. The Kier molecular flexibility index (Phi) is 33.0. The van der Waals surface area contributed by atoms with Crippen molar-refractivity contribution >= 4 is 70.1 Å². The van der Waals surface area contributed by atoms with Crippen LogP contribution in [0.4, 0.5) is 0 Å². The average Bonchev–Trinajstić information content (AvgIpc) is 0.929. The van der Waals surface area contributed by atoms with Gasteiger partial charge >= 0.3 is 27.5 Å². The number of fused-ring (bicyclic) bond motifs is 4. The fraction of sp³-hybridized carbons (Fsp3) is 0.420. The minimum Gasteiger partial charge on any atom is 0 e. The van der Waals surface area contributed by atoms with Crippen molar-refractivity contribution in [3.05, 3.63) is 256 Å². The molecule has 4 aliphatic rings. The van der Waals surface area contributed by atoms with E-state index in [1.165, 1.54) is 226 Å². The molecule has 4 unspecified atom stereocenters. The van der Waals surface area contributed by atoms with Gasteiger partial charge in [-0.3, -0.25) is 9.78 Å². The summed E-state index contributed by atoms with van der Waals surface area (Å²) in [4.78, 5) is 29.7. The second kappa shape index (κ2) is 40.8. The van der Waals surface area contributed by atoms with Crippen LogP contribution < -0.4 is 0 Å². The van der Waals surface area contributed by atoms with Crippen LogP contribution in [0.3, 0.4) is 0 Å². The first kappa shape index (κ1) is 88.8. The number of nitrogens with zero attached hydrogens (tertiary/aromatic N) is 4. The van der Waals surface area contributed by atoms with Crippen molar-refractivity contribution in [2.45, 2.75) is 237 Å². The summed E-state index contributed by atoms with van der Waals surface area (Å²) in [6, 6.07) is 58.4. The molecule has 7 aromatic carbocycles. The molecule has 4 saturated carbocycles. The number of ketones is 1. The summed E-state index contributed by atoms with van der Waals surface area (Å²) in [7, 11) is 4.64. The van der Waals surface area contributed by atoms with Crippen molar-refractivity contribution in [3.63, 3.8) is 0 Å². The summed E-state index contributed by atoms with van der Waals surface area (Å²) >= 11 is 7.58. The van der Waals surface area contributed by atoms with Crippen molar-refractivity contribution in [2.75, 3.05) is 0 Å². The molecule has 0 aliphatic heterocycles. The normalized spacial score (nSPS) is 16.0. The molecule has 4 aromatic heterocycles. The van der Waals surface area contributed by atoms with E-state index < -0.39 is 5.41 Å². The molecule has 0 spiro atoms. The quantitative estimate of drug-likeness (QED) is 0.0567. The third kappa shape index (κ3) is 23.2. The summed E-state index contributed by atoms with van der Waals surface area (Å²) in [6.07, 6.45) is 31.3. The maximum atomic E-state index is 11.5. The molecule has 10 heteroatoms. The van der Waals surface area contributed by atoms with Gasteiger partial charge in [-0.05, 0) is 215 Å². The molecule has 15 rings (SSSR count). The number of benzene rings is 7. The van der Waals surface area contributed by atoms with E-state index in [1.807, 2.05) is 66.2 Å². The Morgan fingerprint density at radius 1 is 0.418 bits per heavy atom. The van der Waals surface area contributed by atoms with Gasteiger partial charge in [0.25, 0.3) is 0 Å². The molecular weight excluding hydrogens is 1740 g/mol. The van der Waals surface area contributed by atoms with E-state index in [1.54, 1.807) is 6.20 Å². The Morgan fingerprint density at radius 3 is 1.03 bits per heavy atom. The number of aryl methyl sites for hydroxylation is 6. The Morgan fingerprint density at radius 2 is 0.709 bits per heavy atom. The van der Waals surface area contributed by atoms with E-state index in [-0.39, 0.29) is 44.5 Å².